The fraction of sp³-hybridized carbons (Fsp3) is 0.250. The molecular weight excluding hydrogens is 332 g/mol. The Kier molecular flexibility index (Phi) is 6.49. The quantitative estimate of drug-likeness (QED) is 0.589. The Hall–Kier alpha value is -3.15. The largest absolute Gasteiger partial charge is 0.483 e. The van der Waals surface area contributed by atoms with Crippen molar-refractivity contribution in [2.24, 2.45) is 5.10 Å². The van der Waals surface area contributed by atoms with Crippen LogP contribution in [0.3, 0.4) is 0 Å². The van der Waals surface area contributed by atoms with Crippen molar-refractivity contribution in [2.75, 3.05) is 6.61 Å². The fourth-order valence-corrected chi connectivity index (χ4v) is 2.40. The molecule has 136 valence electrons. The van der Waals surface area contributed by atoms with Crippen LogP contribution in [0.1, 0.15) is 46.8 Å². The van der Waals surface area contributed by atoms with Crippen molar-refractivity contribution in [3.8, 4) is 5.75 Å². The van der Waals surface area contributed by atoms with Gasteiger partial charge in [-0.25, -0.2) is 10.2 Å². The molecule has 2 aromatic carbocycles. The number of rotatable bonds is 7. The molecule has 0 saturated carbocycles. The third-order valence-corrected chi connectivity index (χ3v) is 3.73. The van der Waals surface area contributed by atoms with E-state index in [-0.39, 0.29) is 18.1 Å². The first-order valence-corrected chi connectivity index (χ1v) is 8.26. The summed E-state index contributed by atoms with van der Waals surface area (Å²) in [6.45, 7) is 5.89. The Bertz CT molecular complexity index is 828. The number of hydrogen-bond acceptors (Lipinski definition) is 4. The summed E-state index contributed by atoms with van der Waals surface area (Å²) in [6, 6.07) is 12.3. The number of nitrogens with zero attached hydrogens (tertiary/aromatic N) is 1. The molecule has 0 saturated heterocycles. The number of aromatic carboxylic acids is 1. The molecule has 6 heteroatoms. The van der Waals surface area contributed by atoms with Crippen LogP contribution < -0.4 is 10.2 Å². The first-order valence-electron chi connectivity index (χ1n) is 8.26. The third-order valence-electron chi connectivity index (χ3n) is 3.73. The van der Waals surface area contributed by atoms with Crippen molar-refractivity contribution in [3.05, 3.63) is 64.7 Å². The second-order valence-electron chi connectivity index (χ2n) is 6.17. The lowest BCUT2D eigenvalue weighted by Crippen LogP contribution is -2.25. The minimum atomic E-state index is -1.05. The molecule has 0 aliphatic heterocycles. The highest BCUT2D eigenvalue weighted by Gasteiger charge is 2.10. The summed E-state index contributed by atoms with van der Waals surface area (Å²) in [5.41, 5.74) is 4.94. The highest BCUT2D eigenvalue weighted by Crippen LogP contribution is 2.27. The molecule has 0 radical (unpaired) electrons. The van der Waals surface area contributed by atoms with Crippen molar-refractivity contribution < 1.29 is 19.4 Å². The normalized spacial score (nSPS) is 10.9. The van der Waals surface area contributed by atoms with Crippen LogP contribution in [0.2, 0.25) is 0 Å². The zero-order valence-corrected chi connectivity index (χ0v) is 15.0. The Morgan fingerprint density at radius 2 is 1.96 bits per heavy atom. The molecule has 0 aliphatic rings. The van der Waals surface area contributed by atoms with Crippen LogP contribution in [0, 0.1) is 6.92 Å². The molecule has 0 aliphatic carbocycles. The van der Waals surface area contributed by atoms with E-state index in [1.165, 1.54) is 12.3 Å². The van der Waals surface area contributed by atoms with E-state index in [1.54, 1.807) is 18.2 Å². The van der Waals surface area contributed by atoms with Crippen molar-refractivity contribution in [1.82, 2.24) is 5.43 Å². The van der Waals surface area contributed by atoms with Gasteiger partial charge in [0.1, 0.15) is 5.75 Å². The van der Waals surface area contributed by atoms with Crippen molar-refractivity contribution in [1.29, 1.82) is 0 Å². The van der Waals surface area contributed by atoms with Crippen LogP contribution in [0.5, 0.6) is 5.75 Å². The molecule has 2 rings (SSSR count). The van der Waals surface area contributed by atoms with Gasteiger partial charge in [-0.15, -0.1) is 0 Å². The van der Waals surface area contributed by atoms with Crippen LogP contribution in [-0.2, 0) is 4.79 Å². The summed E-state index contributed by atoms with van der Waals surface area (Å²) < 4.78 is 5.63. The molecule has 26 heavy (non-hydrogen) atoms. The molecule has 2 aromatic rings. The summed E-state index contributed by atoms with van der Waals surface area (Å²) in [5, 5.41) is 12.9. The lowest BCUT2D eigenvalue weighted by atomic mass is 10.0. The van der Waals surface area contributed by atoms with Gasteiger partial charge in [0.25, 0.3) is 5.91 Å². The van der Waals surface area contributed by atoms with E-state index in [9.17, 15) is 9.59 Å². The smallest absolute Gasteiger partial charge is 0.336 e. The van der Waals surface area contributed by atoms with Gasteiger partial charge in [-0.05, 0) is 36.1 Å². The minimum Gasteiger partial charge on any atom is -0.483 e. The number of carboxylic acid groups (broad SMARTS) is 1. The molecule has 0 atom stereocenters. The van der Waals surface area contributed by atoms with Gasteiger partial charge in [-0.2, -0.15) is 5.10 Å². The molecule has 0 unspecified atom stereocenters. The van der Waals surface area contributed by atoms with Crippen LogP contribution in [0.4, 0.5) is 0 Å². The Balaban J connectivity index is 1.96. The van der Waals surface area contributed by atoms with E-state index < -0.39 is 11.9 Å². The Morgan fingerprint density at radius 1 is 1.23 bits per heavy atom. The number of hydrogen-bond donors (Lipinski definition) is 2. The number of benzene rings is 2. The summed E-state index contributed by atoms with van der Waals surface area (Å²) in [6.07, 6.45) is 1.30. The van der Waals surface area contributed by atoms with Crippen molar-refractivity contribution in [2.45, 2.75) is 26.7 Å². The monoisotopic (exact) mass is 354 g/mol. The maximum atomic E-state index is 11.9. The van der Waals surface area contributed by atoms with E-state index in [2.05, 4.69) is 24.4 Å². The number of ether oxygens (including phenoxy) is 1. The average molecular weight is 354 g/mol. The number of aryl methyl sites for hydroxylation is 1. The SMILES string of the molecule is Cc1ccc(C(C)C)c(OCC(=O)NN=Cc2ccccc2C(=O)O)c1. The zero-order chi connectivity index (χ0) is 19.1. The Morgan fingerprint density at radius 3 is 2.65 bits per heavy atom. The molecule has 0 fully saturated rings. The number of carboxylic acids is 1. The first kappa shape index (κ1) is 19.2. The number of hydrazone groups is 1. The molecule has 6 nitrogen and oxygen atoms in total. The lowest BCUT2D eigenvalue weighted by Gasteiger charge is -2.14. The van der Waals surface area contributed by atoms with E-state index in [0.29, 0.717) is 11.3 Å². The van der Waals surface area contributed by atoms with Crippen LogP contribution in [0.25, 0.3) is 0 Å². The number of amides is 1. The molecule has 0 bridgehead atoms. The summed E-state index contributed by atoms with van der Waals surface area (Å²) in [5.74, 6) is -0.526. The van der Waals surface area contributed by atoms with Crippen molar-refractivity contribution in [3.63, 3.8) is 0 Å². The van der Waals surface area contributed by atoms with Gasteiger partial charge < -0.3 is 9.84 Å². The second-order valence-corrected chi connectivity index (χ2v) is 6.17. The number of carbonyl (C=O) groups is 2. The predicted octanol–water partition coefficient (Wildman–Crippen LogP) is 3.35. The van der Waals surface area contributed by atoms with Gasteiger partial charge in [0.15, 0.2) is 6.61 Å². The van der Waals surface area contributed by atoms with Gasteiger partial charge in [0.05, 0.1) is 11.8 Å². The van der Waals surface area contributed by atoms with E-state index in [0.717, 1.165) is 11.1 Å². The van der Waals surface area contributed by atoms with Crippen molar-refractivity contribution >= 4 is 18.1 Å². The highest BCUT2D eigenvalue weighted by molar-refractivity contribution is 5.98. The van der Waals surface area contributed by atoms with E-state index in [1.807, 2.05) is 25.1 Å². The van der Waals surface area contributed by atoms with E-state index >= 15 is 0 Å². The van der Waals surface area contributed by atoms with Crippen LogP contribution in [0.15, 0.2) is 47.6 Å². The van der Waals surface area contributed by atoms with Gasteiger partial charge in [-0.3, -0.25) is 4.79 Å². The topological polar surface area (TPSA) is 88.0 Å². The standard InChI is InChI=1S/C20H22N2O4/c1-13(2)16-9-8-14(3)10-18(16)26-12-19(23)22-21-11-15-6-4-5-7-17(15)20(24)25/h4-11,13H,12H2,1-3H3,(H,22,23)(H,24,25). The highest BCUT2D eigenvalue weighted by atomic mass is 16.5. The van der Waals surface area contributed by atoms with Crippen LogP contribution >= 0.6 is 0 Å². The lowest BCUT2D eigenvalue weighted by molar-refractivity contribution is -0.123. The summed E-state index contributed by atoms with van der Waals surface area (Å²) >= 11 is 0. The third kappa shape index (κ3) is 5.17. The maximum absolute atomic E-state index is 11.9. The maximum Gasteiger partial charge on any atom is 0.336 e. The molecule has 0 aromatic heterocycles. The number of carbonyl (C=O) groups excluding carboxylic acids is 1. The average Bonchev–Trinajstić information content (AvgIpc) is 2.60. The Labute approximate surface area is 152 Å². The van der Waals surface area contributed by atoms with Gasteiger partial charge in [-0.1, -0.05) is 44.2 Å². The zero-order valence-electron chi connectivity index (χ0n) is 15.0. The van der Waals surface area contributed by atoms with E-state index in [4.69, 9.17) is 9.84 Å². The molecular formula is C20H22N2O4. The predicted molar refractivity (Wildman–Crippen MR) is 99.9 cm³/mol. The fourth-order valence-electron chi connectivity index (χ4n) is 2.40. The minimum absolute atomic E-state index is 0.114. The molecule has 0 spiro atoms. The van der Waals surface area contributed by atoms with Gasteiger partial charge in [0.2, 0.25) is 0 Å². The summed E-state index contributed by atoms with van der Waals surface area (Å²) in [4.78, 5) is 23.0. The van der Waals surface area contributed by atoms with Gasteiger partial charge >= 0.3 is 5.97 Å². The number of nitrogens with one attached hydrogen (secondary N) is 1. The summed E-state index contributed by atoms with van der Waals surface area (Å²) in [7, 11) is 0. The molecule has 1 amide bonds. The van der Waals surface area contributed by atoms with Gasteiger partial charge in [0, 0.05) is 5.56 Å². The van der Waals surface area contributed by atoms with Crippen LogP contribution in [-0.4, -0.2) is 29.8 Å². The first-order chi connectivity index (χ1) is 12.4. The molecule has 2 N–H and O–H groups in total. The molecule has 0 heterocycles. The second kappa shape index (κ2) is 8.80.